The summed E-state index contributed by atoms with van der Waals surface area (Å²) < 4.78 is 30.4. The van der Waals surface area contributed by atoms with Gasteiger partial charge in [0, 0.05) is 55.4 Å². The number of rotatable bonds is 17. The molecule has 1 aliphatic heterocycles. The van der Waals surface area contributed by atoms with Crippen LogP contribution >= 0.6 is 0 Å². The van der Waals surface area contributed by atoms with Crippen LogP contribution in [0.25, 0.3) is 0 Å². The van der Waals surface area contributed by atoms with E-state index >= 15 is 0 Å². The number of aliphatic imine (C=N–C) groups is 1. The smallest absolute Gasteiger partial charge is 0.229 e. The zero-order valence-corrected chi connectivity index (χ0v) is 30.5. The van der Waals surface area contributed by atoms with Crippen molar-refractivity contribution in [3.63, 3.8) is 0 Å². The molecule has 2 N–H and O–H groups in total. The van der Waals surface area contributed by atoms with Crippen LogP contribution in [-0.2, 0) is 26.0 Å². The quantitative estimate of drug-likeness (QED) is 0.131. The highest BCUT2D eigenvalue weighted by Gasteiger charge is 2.32. The first-order valence-electron chi connectivity index (χ1n) is 17.1. The number of nitrogens with one attached hydrogen (secondary N) is 2. The van der Waals surface area contributed by atoms with Crippen molar-refractivity contribution in [1.29, 1.82) is 0 Å². The van der Waals surface area contributed by atoms with E-state index in [1.807, 2.05) is 17.0 Å². The number of ether oxygens (including phenoxy) is 1. The average Bonchev–Trinajstić information content (AvgIpc) is 3.00. The summed E-state index contributed by atoms with van der Waals surface area (Å²) in [6.45, 7) is 16.1. The van der Waals surface area contributed by atoms with Crippen molar-refractivity contribution in [2.24, 2.45) is 16.8 Å². The number of methoxy groups -OCH3 is 1. The van der Waals surface area contributed by atoms with Crippen molar-refractivity contribution < 1.29 is 17.9 Å². The number of carbonyl (C=O) groups is 1. The van der Waals surface area contributed by atoms with E-state index in [0.717, 1.165) is 81.4 Å². The zero-order valence-electron chi connectivity index (χ0n) is 29.7. The highest BCUT2D eigenvalue weighted by molar-refractivity contribution is 7.92. The topological polar surface area (TPSA) is 100 Å². The van der Waals surface area contributed by atoms with E-state index in [2.05, 4.69) is 85.7 Å². The number of amides is 1. The van der Waals surface area contributed by atoms with Gasteiger partial charge in [-0.3, -0.25) is 9.52 Å². The van der Waals surface area contributed by atoms with Crippen LogP contribution in [0.3, 0.4) is 0 Å². The van der Waals surface area contributed by atoms with E-state index in [1.165, 1.54) is 11.3 Å². The molecule has 8 nitrogen and oxygen atoms in total. The van der Waals surface area contributed by atoms with E-state index < -0.39 is 10.0 Å². The minimum Gasteiger partial charge on any atom is -0.484 e. The molecule has 0 spiro atoms. The fraction of sp³-hybridized carbons (Fsp3) is 0.526. The molecule has 1 saturated heterocycles. The molecule has 2 aromatic rings. The Morgan fingerprint density at radius 1 is 1.00 bits per heavy atom. The van der Waals surface area contributed by atoms with Crippen molar-refractivity contribution in [1.82, 2.24) is 10.2 Å². The molecular formula is C38H58N4O4S. The lowest BCUT2D eigenvalue weighted by molar-refractivity contribution is -0.134. The Balaban J connectivity index is 0.000000329. The number of sulfonamides is 1. The molecule has 260 valence electrons. The molecule has 3 rings (SSSR count). The Bertz CT molecular complexity index is 1390. The number of benzene rings is 2. The lowest BCUT2D eigenvalue weighted by Crippen LogP contribution is -2.51. The van der Waals surface area contributed by atoms with Crippen molar-refractivity contribution in [3.8, 4) is 0 Å². The van der Waals surface area contributed by atoms with Gasteiger partial charge < -0.3 is 15.0 Å². The molecule has 0 bridgehead atoms. The number of allylic oxidation sites excluding steroid dienone is 2. The minimum atomic E-state index is -3.26. The molecule has 0 radical (unpaired) electrons. The van der Waals surface area contributed by atoms with Crippen LogP contribution in [0.5, 0.6) is 0 Å². The van der Waals surface area contributed by atoms with Crippen LogP contribution in [0.4, 0.5) is 5.69 Å². The summed E-state index contributed by atoms with van der Waals surface area (Å²) in [4.78, 5) is 17.9. The molecule has 1 unspecified atom stereocenters. The summed E-state index contributed by atoms with van der Waals surface area (Å²) in [6.07, 6.45) is 11.6. The first-order chi connectivity index (χ1) is 22.4. The fourth-order valence-electron chi connectivity index (χ4n) is 5.72. The van der Waals surface area contributed by atoms with Gasteiger partial charge in [-0.2, -0.15) is 0 Å². The van der Waals surface area contributed by atoms with Crippen LogP contribution in [0.1, 0.15) is 96.7 Å². The van der Waals surface area contributed by atoms with Crippen LogP contribution in [-0.4, -0.2) is 51.6 Å². The summed E-state index contributed by atoms with van der Waals surface area (Å²) in [5, 5.41) is 3.76. The van der Waals surface area contributed by atoms with Gasteiger partial charge in [-0.25, -0.2) is 13.4 Å². The second kappa shape index (κ2) is 20.6. The third kappa shape index (κ3) is 14.4. The van der Waals surface area contributed by atoms with E-state index in [1.54, 1.807) is 26.2 Å². The first kappa shape index (κ1) is 39.6. The summed E-state index contributed by atoms with van der Waals surface area (Å²) in [5.41, 5.74) is 4.95. The van der Waals surface area contributed by atoms with Crippen molar-refractivity contribution in [2.75, 3.05) is 31.2 Å². The molecule has 47 heavy (non-hydrogen) atoms. The largest absolute Gasteiger partial charge is 0.484 e. The maximum absolute atomic E-state index is 11.4. The Morgan fingerprint density at radius 3 is 2.09 bits per heavy atom. The number of carbonyl (C=O) groups excluding carboxylic acids is 1. The molecule has 1 fully saturated rings. The molecule has 1 aliphatic rings. The molecule has 0 aromatic heterocycles. The molecular weight excluding hydrogens is 609 g/mol. The Hall–Kier alpha value is -3.59. The van der Waals surface area contributed by atoms with Crippen molar-refractivity contribution >= 4 is 27.5 Å². The van der Waals surface area contributed by atoms with Crippen LogP contribution in [0, 0.1) is 11.8 Å². The van der Waals surface area contributed by atoms with E-state index in [-0.39, 0.29) is 5.91 Å². The normalized spacial score (nSPS) is 14.5. The van der Waals surface area contributed by atoms with Gasteiger partial charge in [0.2, 0.25) is 15.9 Å². The Labute approximate surface area is 284 Å². The van der Waals surface area contributed by atoms with Gasteiger partial charge in [-0.05, 0) is 48.9 Å². The van der Waals surface area contributed by atoms with Crippen LogP contribution in [0.2, 0.25) is 0 Å². The van der Waals surface area contributed by atoms with Crippen molar-refractivity contribution in [3.05, 3.63) is 89.8 Å². The number of hydrogen-bond acceptors (Lipinski definition) is 6. The molecule has 0 saturated carbocycles. The van der Waals surface area contributed by atoms with Gasteiger partial charge >= 0.3 is 0 Å². The number of likely N-dealkylation sites (tertiary alicyclic amines) is 1. The fourth-order valence-corrected chi connectivity index (χ4v) is 6.28. The summed E-state index contributed by atoms with van der Waals surface area (Å²) >= 11 is 0. The van der Waals surface area contributed by atoms with Gasteiger partial charge in [0.05, 0.1) is 19.4 Å². The molecule has 1 amide bonds. The second-order valence-electron chi connectivity index (χ2n) is 12.3. The molecule has 1 heterocycles. The highest BCUT2D eigenvalue weighted by atomic mass is 32.2. The van der Waals surface area contributed by atoms with Gasteiger partial charge in [0.1, 0.15) is 0 Å². The van der Waals surface area contributed by atoms with Gasteiger partial charge in [-0.1, -0.05) is 102 Å². The summed E-state index contributed by atoms with van der Waals surface area (Å²) in [7, 11) is -1.60. The highest BCUT2D eigenvalue weighted by Crippen LogP contribution is 2.27. The lowest BCUT2D eigenvalue weighted by atomic mass is 9.93. The summed E-state index contributed by atoms with van der Waals surface area (Å²) in [6, 6.07) is 18.2. The van der Waals surface area contributed by atoms with E-state index in [9.17, 15) is 13.2 Å². The maximum atomic E-state index is 11.4. The van der Waals surface area contributed by atoms with Crippen LogP contribution in [0.15, 0.2) is 83.6 Å². The number of anilines is 1. The van der Waals surface area contributed by atoms with Crippen molar-refractivity contribution in [2.45, 2.75) is 92.0 Å². The predicted octanol–water partition coefficient (Wildman–Crippen LogP) is 8.27. The molecule has 2 aromatic carbocycles. The van der Waals surface area contributed by atoms with Crippen LogP contribution < -0.4 is 10.0 Å². The minimum absolute atomic E-state index is 0.181. The van der Waals surface area contributed by atoms with E-state index in [4.69, 9.17) is 4.74 Å². The monoisotopic (exact) mass is 666 g/mol. The number of hydrogen-bond donors (Lipinski definition) is 2. The SMILES string of the molecule is C=C(Cc1ccc(NS(C)(=O)=O)cc1)N=C(OC)C(CCC)CCC.CCC=C(NC(CCC)c1ccccc1)C1CN(C(C)=O)C1. The molecule has 0 aliphatic carbocycles. The average molecular weight is 667 g/mol. The first-order valence-corrected chi connectivity index (χ1v) is 19.0. The molecule has 1 atom stereocenters. The number of nitrogens with zero attached hydrogens (tertiary/aromatic N) is 2. The van der Waals surface area contributed by atoms with E-state index in [0.29, 0.717) is 30.0 Å². The van der Waals surface area contributed by atoms with Gasteiger partial charge in [-0.15, -0.1) is 0 Å². The third-order valence-corrected chi connectivity index (χ3v) is 8.68. The second-order valence-corrected chi connectivity index (χ2v) is 14.1. The zero-order chi connectivity index (χ0) is 34.8. The Morgan fingerprint density at radius 2 is 1.60 bits per heavy atom. The van der Waals surface area contributed by atoms with Gasteiger partial charge in [0.25, 0.3) is 0 Å². The maximum Gasteiger partial charge on any atom is 0.229 e. The summed E-state index contributed by atoms with van der Waals surface area (Å²) in [5.74, 6) is 1.73. The lowest BCUT2D eigenvalue weighted by Gasteiger charge is -2.41. The molecule has 9 heteroatoms. The van der Waals surface area contributed by atoms with Gasteiger partial charge in [0.15, 0.2) is 5.90 Å². The standard InChI is InChI=1S/C19H30N2O3S.C19H28N2O/c1-6-8-17(9-7-2)19(24-4)20-15(3)14-16-10-12-18(13-11-16)21-25(5,22)23;1-4-9-18(16-11-7-6-8-12-16)20-19(10-5-2)17-13-21(14-17)15(3)22/h10-13,17,21H,3,6-9,14H2,1-2,4-5H3;6-8,10-12,17-18,20H,4-5,9,13-14H2,1-3H3. The predicted molar refractivity (Wildman–Crippen MR) is 197 cm³/mol. The Kier molecular flexibility index (Phi) is 17.4. The third-order valence-electron chi connectivity index (χ3n) is 8.08.